The first-order chi connectivity index (χ1) is 13.2. The third-order valence-electron chi connectivity index (χ3n) is 3.64. The summed E-state index contributed by atoms with van der Waals surface area (Å²) in [6, 6.07) is 9.40. The summed E-state index contributed by atoms with van der Waals surface area (Å²) in [5, 5.41) is 14.0. The summed E-state index contributed by atoms with van der Waals surface area (Å²) >= 11 is 1.36. The molecule has 28 heavy (non-hydrogen) atoms. The third-order valence-corrected chi connectivity index (χ3v) is 4.65. The molecule has 0 amide bonds. The molecule has 0 spiro atoms. The van der Waals surface area contributed by atoms with Crippen molar-refractivity contribution in [2.75, 3.05) is 11.9 Å². The molecule has 0 fully saturated rings. The molecule has 0 bridgehead atoms. The summed E-state index contributed by atoms with van der Waals surface area (Å²) in [6.45, 7) is -0.522. The monoisotopic (exact) mass is 411 g/mol. The molecule has 3 rings (SSSR count). The highest BCUT2D eigenvalue weighted by Gasteiger charge is 2.33. The Bertz CT molecular complexity index is 1000. The maximum Gasteiger partial charge on any atom is 0.416 e. The van der Waals surface area contributed by atoms with Crippen LogP contribution in [0, 0.1) is 10.1 Å². The van der Waals surface area contributed by atoms with Gasteiger partial charge in [0.05, 0.1) is 20.7 Å². The fraction of sp³-hybridized carbons (Fsp3) is 0.176. The van der Waals surface area contributed by atoms with Crippen LogP contribution in [0.2, 0.25) is 0 Å². The highest BCUT2D eigenvalue weighted by atomic mass is 32.1. The normalized spacial score (nSPS) is 11.4. The van der Waals surface area contributed by atoms with Crippen molar-refractivity contribution in [1.29, 1.82) is 0 Å². The second kappa shape index (κ2) is 7.80. The van der Waals surface area contributed by atoms with Crippen LogP contribution in [0.3, 0.4) is 0 Å². The van der Waals surface area contributed by atoms with Crippen LogP contribution in [0.25, 0.3) is 10.2 Å². The highest BCUT2D eigenvalue weighted by Crippen LogP contribution is 2.34. The summed E-state index contributed by atoms with van der Waals surface area (Å²) in [6.07, 6.45) is -4.71. The molecule has 0 atom stereocenters. The van der Waals surface area contributed by atoms with Crippen LogP contribution in [-0.2, 0) is 22.3 Å². The molecule has 0 radical (unpaired) electrons. The van der Waals surface area contributed by atoms with Gasteiger partial charge in [0.25, 0.3) is 5.69 Å². The molecule has 0 saturated carbocycles. The number of nitrogens with zero attached hydrogens (tertiary/aromatic N) is 2. The zero-order valence-electron chi connectivity index (χ0n) is 14.0. The molecular weight excluding hydrogens is 399 g/mol. The lowest BCUT2D eigenvalue weighted by Crippen LogP contribution is -2.17. The van der Waals surface area contributed by atoms with Crippen LogP contribution >= 0.6 is 11.3 Å². The lowest BCUT2D eigenvalue weighted by Gasteiger charge is -2.10. The van der Waals surface area contributed by atoms with Gasteiger partial charge in [-0.1, -0.05) is 12.1 Å². The van der Waals surface area contributed by atoms with Gasteiger partial charge in [-0.3, -0.25) is 14.9 Å². The minimum atomic E-state index is -4.71. The standard InChI is InChI=1S/C17H12F3N3O4S/c18-17(19,20)10-5-6-11(13(7-10)23(25)26)21-8-16(24)27-9-15-22-12-3-1-2-4-14(12)28-15/h1-7,21H,8-9H2. The zero-order valence-corrected chi connectivity index (χ0v) is 14.8. The molecule has 0 aliphatic heterocycles. The van der Waals surface area contributed by atoms with Crippen molar-refractivity contribution in [3.63, 3.8) is 0 Å². The Labute approximate surface area is 159 Å². The van der Waals surface area contributed by atoms with Gasteiger partial charge in [-0.2, -0.15) is 13.2 Å². The summed E-state index contributed by atoms with van der Waals surface area (Å²) in [7, 11) is 0. The number of hydrogen-bond donors (Lipinski definition) is 1. The van der Waals surface area contributed by atoms with Crippen molar-refractivity contribution in [3.8, 4) is 0 Å². The maximum absolute atomic E-state index is 12.7. The predicted molar refractivity (Wildman–Crippen MR) is 96.0 cm³/mol. The number of alkyl halides is 3. The van der Waals surface area contributed by atoms with Gasteiger partial charge in [-0.05, 0) is 24.3 Å². The Kier molecular flexibility index (Phi) is 5.45. The van der Waals surface area contributed by atoms with Gasteiger partial charge in [0.1, 0.15) is 23.8 Å². The lowest BCUT2D eigenvalue weighted by atomic mass is 10.1. The number of carbonyl (C=O) groups is 1. The fourth-order valence-electron chi connectivity index (χ4n) is 2.35. The van der Waals surface area contributed by atoms with Crippen LogP contribution in [0.15, 0.2) is 42.5 Å². The Balaban J connectivity index is 1.61. The van der Waals surface area contributed by atoms with E-state index in [4.69, 9.17) is 4.74 Å². The van der Waals surface area contributed by atoms with E-state index in [1.54, 1.807) is 0 Å². The van der Waals surface area contributed by atoms with Crippen LogP contribution in [0.5, 0.6) is 0 Å². The number of esters is 1. The molecule has 2 aromatic carbocycles. The molecule has 146 valence electrons. The van der Waals surface area contributed by atoms with Crippen LogP contribution in [0.1, 0.15) is 10.6 Å². The number of nitrogens with one attached hydrogen (secondary N) is 1. The molecule has 7 nitrogen and oxygen atoms in total. The number of aromatic nitrogens is 1. The fourth-order valence-corrected chi connectivity index (χ4v) is 3.23. The van der Waals surface area contributed by atoms with Gasteiger partial charge in [0, 0.05) is 6.07 Å². The number of nitro groups is 1. The van der Waals surface area contributed by atoms with Crippen LogP contribution in [-0.4, -0.2) is 22.4 Å². The van der Waals surface area contributed by atoms with Crippen LogP contribution < -0.4 is 5.32 Å². The van der Waals surface area contributed by atoms with Gasteiger partial charge in [-0.25, -0.2) is 4.98 Å². The van der Waals surface area contributed by atoms with E-state index < -0.39 is 34.9 Å². The first kappa shape index (κ1) is 19.5. The van der Waals surface area contributed by atoms with E-state index in [2.05, 4.69) is 10.3 Å². The lowest BCUT2D eigenvalue weighted by molar-refractivity contribution is -0.384. The van der Waals surface area contributed by atoms with E-state index >= 15 is 0 Å². The molecule has 1 N–H and O–H groups in total. The summed E-state index contributed by atoms with van der Waals surface area (Å²) in [4.78, 5) is 26.2. The van der Waals surface area contributed by atoms with Gasteiger partial charge < -0.3 is 10.1 Å². The number of fused-ring (bicyclic) bond motifs is 1. The van der Waals surface area contributed by atoms with Crippen molar-refractivity contribution in [2.24, 2.45) is 0 Å². The number of hydrogen-bond acceptors (Lipinski definition) is 7. The number of para-hydroxylation sites is 1. The van der Waals surface area contributed by atoms with E-state index in [1.807, 2.05) is 24.3 Å². The first-order valence-electron chi connectivity index (χ1n) is 7.83. The van der Waals surface area contributed by atoms with Crippen molar-refractivity contribution in [1.82, 2.24) is 4.98 Å². The number of halogens is 3. The zero-order chi connectivity index (χ0) is 20.3. The van der Waals surface area contributed by atoms with Crippen LogP contribution in [0.4, 0.5) is 24.5 Å². The predicted octanol–water partition coefficient (Wildman–Crippen LogP) is 4.38. The summed E-state index contributed by atoms with van der Waals surface area (Å²) < 4.78 is 44.1. The molecule has 0 aliphatic carbocycles. The number of ether oxygens (including phenoxy) is 1. The number of carbonyl (C=O) groups excluding carboxylic acids is 1. The number of rotatable bonds is 6. The molecule has 0 aliphatic rings. The Morgan fingerprint density at radius 1 is 1.25 bits per heavy atom. The van der Waals surface area contributed by atoms with E-state index in [0.29, 0.717) is 17.1 Å². The molecule has 0 unspecified atom stereocenters. The van der Waals surface area contributed by atoms with E-state index in [0.717, 1.165) is 16.3 Å². The van der Waals surface area contributed by atoms with Gasteiger partial charge >= 0.3 is 12.1 Å². The minimum absolute atomic E-state index is 0.0744. The molecule has 3 aromatic rings. The van der Waals surface area contributed by atoms with Crippen molar-refractivity contribution >= 4 is 38.9 Å². The topological polar surface area (TPSA) is 94.4 Å². The van der Waals surface area contributed by atoms with Gasteiger partial charge in [-0.15, -0.1) is 11.3 Å². The molecule has 11 heteroatoms. The second-order valence-electron chi connectivity index (χ2n) is 5.58. The SMILES string of the molecule is O=C(CNc1ccc(C(F)(F)F)cc1[N+](=O)[O-])OCc1nc2ccccc2s1. The van der Waals surface area contributed by atoms with Gasteiger partial charge in [0.2, 0.25) is 0 Å². The third kappa shape index (κ3) is 4.55. The van der Waals surface area contributed by atoms with Crippen molar-refractivity contribution in [2.45, 2.75) is 12.8 Å². The van der Waals surface area contributed by atoms with Crippen molar-refractivity contribution in [3.05, 3.63) is 63.1 Å². The Hall–Kier alpha value is -3.21. The molecular formula is C17H12F3N3O4S. The Morgan fingerprint density at radius 3 is 2.68 bits per heavy atom. The second-order valence-corrected chi connectivity index (χ2v) is 6.69. The molecule has 1 aromatic heterocycles. The van der Waals surface area contributed by atoms with E-state index in [1.165, 1.54) is 11.3 Å². The molecule has 0 saturated heterocycles. The van der Waals surface area contributed by atoms with Gasteiger partial charge in [0.15, 0.2) is 0 Å². The largest absolute Gasteiger partial charge is 0.457 e. The summed E-state index contributed by atoms with van der Waals surface area (Å²) in [5.74, 6) is -0.728. The van der Waals surface area contributed by atoms with Crippen molar-refractivity contribution < 1.29 is 27.6 Å². The minimum Gasteiger partial charge on any atom is -0.457 e. The Morgan fingerprint density at radius 2 is 2.00 bits per heavy atom. The number of anilines is 1. The number of nitro benzene ring substituents is 1. The number of thiazole rings is 1. The first-order valence-corrected chi connectivity index (χ1v) is 8.65. The maximum atomic E-state index is 12.7. The smallest absolute Gasteiger partial charge is 0.416 e. The quantitative estimate of drug-likeness (QED) is 0.368. The van der Waals surface area contributed by atoms with E-state index in [9.17, 15) is 28.1 Å². The van der Waals surface area contributed by atoms with E-state index in [-0.39, 0.29) is 12.3 Å². The highest BCUT2D eigenvalue weighted by molar-refractivity contribution is 7.18. The number of benzene rings is 2. The average molecular weight is 411 g/mol. The summed E-state index contributed by atoms with van der Waals surface area (Å²) in [5.41, 5.74) is -1.37. The molecule has 1 heterocycles. The average Bonchev–Trinajstić information content (AvgIpc) is 3.06.